The highest BCUT2D eigenvalue weighted by atomic mass is 16.6. The van der Waals surface area contributed by atoms with Crippen LogP contribution in [0.3, 0.4) is 0 Å². The van der Waals surface area contributed by atoms with Gasteiger partial charge in [0.05, 0.1) is 12.7 Å². The number of cyclic esters (lactones) is 1. The van der Waals surface area contributed by atoms with Crippen LogP contribution < -0.4 is 0 Å². The van der Waals surface area contributed by atoms with E-state index >= 15 is 0 Å². The Balaban J connectivity index is 1.61. The zero-order valence-corrected chi connectivity index (χ0v) is 21.9. The molecule has 1 saturated heterocycles. The molecule has 1 aliphatic heterocycles. The van der Waals surface area contributed by atoms with Gasteiger partial charge in [-0.3, -0.25) is 4.79 Å². The van der Waals surface area contributed by atoms with Gasteiger partial charge in [0.15, 0.2) is 5.60 Å². The van der Waals surface area contributed by atoms with Crippen LogP contribution in [0.15, 0.2) is 84.9 Å². The third-order valence-corrected chi connectivity index (χ3v) is 7.02. The lowest BCUT2D eigenvalue weighted by Gasteiger charge is -2.37. The second kappa shape index (κ2) is 10.9. The highest BCUT2D eigenvalue weighted by molar-refractivity contribution is 5.99. The summed E-state index contributed by atoms with van der Waals surface area (Å²) >= 11 is 0. The van der Waals surface area contributed by atoms with Gasteiger partial charge in [-0.15, -0.1) is 0 Å². The summed E-state index contributed by atoms with van der Waals surface area (Å²) < 4.78 is 11.8. The van der Waals surface area contributed by atoms with Crippen LogP contribution >= 0.6 is 0 Å². The first kappa shape index (κ1) is 26.6. The van der Waals surface area contributed by atoms with Gasteiger partial charge >= 0.3 is 6.09 Å². The van der Waals surface area contributed by atoms with Crippen LogP contribution in [-0.4, -0.2) is 39.3 Å². The van der Waals surface area contributed by atoms with E-state index in [1.807, 2.05) is 91.9 Å². The van der Waals surface area contributed by atoms with E-state index in [2.05, 4.69) is 0 Å². The summed E-state index contributed by atoms with van der Waals surface area (Å²) in [7, 11) is 0. The molecule has 0 aliphatic carbocycles. The van der Waals surface area contributed by atoms with E-state index in [4.69, 9.17) is 9.47 Å². The fraction of sp³-hybridized carbons (Fsp3) is 0.355. The summed E-state index contributed by atoms with van der Waals surface area (Å²) in [6, 6.07) is 26.6. The molecule has 194 valence electrons. The molecule has 2 amide bonds. The van der Waals surface area contributed by atoms with Crippen LogP contribution in [-0.2, 0) is 20.9 Å². The molecule has 1 fully saturated rings. The van der Waals surface area contributed by atoms with E-state index in [0.29, 0.717) is 12.8 Å². The van der Waals surface area contributed by atoms with Crippen molar-refractivity contribution in [3.05, 3.63) is 96.1 Å². The van der Waals surface area contributed by atoms with Gasteiger partial charge in [0, 0.05) is 0 Å². The van der Waals surface area contributed by atoms with Crippen LogP contribution in [0.1, 0.15) is 57.7 Å². The third kappa shape index (κ3) is 5.45. The smallest absolute Gasteiger partial charge is 0.417 e. The van der Waals surface area contributed by atoms with Gasteiger partial charge < -0.3 is 14.6 Å². The Hall–Kier alpha value is -3.48. The number of aliphatic hydroxyl groups excluding tert-OH is 1. The van der Waals surface area contributed by atoms with E-state index in [1.54, 1.807) is 20.8 Å². The lowest BCUT2D eigenvalue weighted by Crippen LogP contribution is -2.57. The predicted octanol–water partition coefficient (Wildman–Crippen LogP) is 6.29. The fourth-order valence-corrected chi connectivity index (χ4v) is 4.88. The maximum absolute atomic E-state index is 14.1. The second-order valence-electron chi connectivity index (χ2n) is 10.2. The molecule has 0 aromatic heterocycles. The molecule has 37 heavy (non-hydrogen) atoms. The van der Waals surface area contributed by atoms with E-state index in [0.717, 1.165) is 27.2 Å². The van der Waals surface area contributed by atoms with Crippen LogP contribution in [0.5, 0.6) is 0 Å². The van der Waals surface area contributed by atoms with Gasteiger partial charge in [-0.05, 0) is 49.4 Å². The second-order valence-corrected chi connectivity index (χ2v) is 10.2. The molecule has 3 aromatic carbocycles. The highest BCUT2D eigenvalue weighted by Crippen LogP contribution is 2.43. The maximum Gasteiger partial charge on any atom is 0.417 e. The van der Waals surface area contributed by atoms with Crippen molar-refractivity contribution in [3.63, 3.8) is 0 Å². The summed E-state index contributed by atoms with van der Waals surface area (Å²) in [6.07, 6.45) is -0.856. The molecule has 6 nitrogen and oxygen atoms in total. The molecule has 3 aromatic rings. The molecule has 0 unspecified atom stereocenters. The van der Waals surface area contributed by atoms with Gasteiger partial charge in [-0.25, -0.2) is 9.69 Å². The SMILES string of the molecule is CCC[C@H](O)[C@](C)(OCc1ccc(-c2ccccc2)cc1)C(=O)N1C(=O)OC(C)(C)[C@@H]1c1ccccc1. The molecule has 3 atom stereocenters. The normalized spacial score (nSPS) is 19.2. The van der Waals surface area contributed by atoms with Crippen LogP contribution in [0.2, 0.25) is 0 Å². The van der Waals surface area contributed by atoms with E-state index in [9.17, 15) is 14.7 Å². The molecular weight excluding hydrogens is 466 g/mol. The summed E-state index contributed by atoms with van der Waals surface area (Å²) in [5.74, 6) is -0.612. The zero-order valence-electron chi connectivity index (χ0n) is 21.9. The lowest BCUT2D eigenvalue weighted by atomic mass is 9.88. The molecule has 1 aliphatic rings. The molecule has 0 bridgehead atoms. The van der Waals surface area contributed by atoms with Gasteiger partial charge in [-0.2, -0.15) is 0 Å². The third-order valence-electron chi connectivity index (χ3n) is 7.02. The minimum atomic E-state index is -1.65. The molecule has 1 N–H and O–H groups in total. The number of ether oxygens (including phenoxy) is 2. The number of amides is 2. The van der Waals surface area contributed by atoms with Crippen molar-refractivity contribution in [1.82, 2.24) is 4.90 Å². The number of aliphatic hydroxyl groups is 1. The lowest BCUT2D eigenvalue weighted by molar-refractivity contribution is -0.174. The van der Waals surface area contributed by atoms with E-state index in [1.165, 1.54) is 0 Å². The Bertz CT molecular complexity index is 1210. The minimum absolute atomic E-state index is 0.0976. The Morgan fingerprint density at radius 1 is 1.00 bits per heavy atom. The number of imide groups is 1. The average molecular weight is 502 g/mol. The number of hydrogen-bond donors (Lipinski definition) is 1. The van der Waals surface area contributed by atoms with E-state index < -0.39 is 35.3 Å². The fourth-order valence-electron chi connectivity index (χ4n) is 4.88. The summed E-state index contributed by atoms with van der Waals surface area (Å²) in [4.78, 5) is 28.2. The van der Waals surface area contributed by atoms with Crippen molar-refractivity contribution in [2.45, 2.75) is 70.5 Å². The molecule has 0 spiro atoms. The first-order valence-electron chi connectivity index (χ1n) is 12.8. The predicted molar refractivity (Wildman–Crippen MR) is 143 cm³/mol. The van der Waals surface area contributed by atoms with Crippen LogP contribution in [0, 0.1) is 0 Å². The molecule has 6 heteroatoms. The van der Waals surface area contributed by atoms with Crippen molar-refractivity contribution < 1.29 is 24.2 Å². The van der Waals surface area contributed by atoms with Crippen molar-refractivity contribution >= 4 is 12.0 Å². The highest BCUT2D eigenvalue weighted by Gasteiger charge is 2.56. The van der Waals surface area contributed by atoms with Crippen LogP contribution in [0.25, 0.3) is 11.1 Å². The Labute approximate surface area is 218 Å². The van der Waals surface area contributed by atoms with Gasteiger partial charge in [-0.1, -0.05) is 98.3 Å². The summed E-state index contributed by atoms with van der Waals surface area (Å²) in [5.41, 5.74) is 1.21. The molecule has 1 heterocycles. The summed E-state index contributed by atoms with van der Waals surface area (Å²) in [5, 5.41) is 11.1. The zero-order chi connectivity index (χ0) is 26.6. The Kier molecular flexibility index (Phi) is 7.81. The number of carbonyl (C=O) groups is 2. The van der Waals surface area contributed by atoms with E-state index in [-0.39, 0.29) is 6.61 Å². The van der Waals surface area contributed by atoms with Gasteiger partial charge in [0.1, 0.15) is 11.6 Å². The average Bonchev–Trinajstić information content (AvgIpc) is 3.15. The molecule has 0 saturated carbocycles. The Morgan fingerprint density at radius 3 is 2.16 bits per heavy atom. The van der Waals surface area contributed by atoms with Crippen molar-refractivity contribution in [3.8, 4) is 11.1 Å². The number of carbonyl (C=O) groups excluding carboxylic acids is 2. The molecule has 4 rings (SSSR count). The van der Waals surface area contributed by atoms with Crippen molar-refractivity contribution in [2.24, 2.45) is 0 Å². The van der Waals surface area contributed by atoms with Gasteiger partial charge in [0.25, 0.3) is 5.91 Å². The maximum atomic E-state index is 14.1. The Morgan fingerprint density at radius 2 is 1.57 bits per heavy atom. The van der Waals surface area contributed by atoms with Crippen molar-refractivity contribution in [1.29, 1.82) is 0 Å². The van der Waals surface area contributed by atoms with Crippen molar-refractivity contribution in [2.75, 3.05) is 0 Å². The number of hydrogen-bond acceptors (Lipinski definition) is 5. The standard InChI is InChI=1S/C31H35NO5/c1-5-12-26(33)31(4,36-21-22-17-19-24(20-18-22)23-13-8-6-9-14-23)28(34)32-27(25-15-10-7-11-16-25)30(2,3)37-29(32)35/h6-11,13-20,26-27,33H,5,12,21H2,1-4H3/t26-,27-,31-/m0/s1. The first-order valence-corrected chi connectivity index (χ1v) is 12.8. The van der Waals surface area contributed by atoms with Crippen LogP contribution in [0.4, 0.5) is 4.79 Å². The first-order chi connectivity index (χ1) is 17.7. The number of benzene rings is 3. The monoisotopic (exact) mass is 501 g/mol. The topological polar surface area (TPSA) is 76.1 Å². The number of nitrogens with zero attached hydrogens (tertiary/aromatic N) is 1. The molecular formula is C31H35NO5. The van der Waals surface area contributed by atoms with Gasteiger partial charge in [0.2, 0.25) is 0 Å². The largest absolute Gasteiger partial charge is 0.440 e. The summed E-state index contributed by atoms with van der Waals surface area (Å²) in [6.45, 7) is 7.15. The molecule has 0 radical (unpaired) electrons. The quantitative estimate of drug-likeness (QED) is 0.373. The number of rotatable bonds is 9. The minimum Gasteiger partial charge on any atom is -0.440 e.